The number of benzene rings is 6. The molecule has 2 saturated heterocycles. The molecule has 12 unspecified atom stereocenters. The van der Waals surface area contributed by atoms with Gasteiger partial charge in [0.05, 0.1) is 74.8 Å². The van der Waals surface area contributed by atoms with Crippen LogP contribution in [0.25, 0.3) is 0 Å². The molecule has 0 aliphatic carbocycles. The second kappa shape index (κ2) is 36.8. The van der Waals surface area contributed by atoms with Gasteiger partial charge in [-0.05, 0) is 45.2 Å². The summed E-state index contributed by atoms with van der Waals surface area (Å²) >= 11 is 1.23. The number of rotatable bonds is 30. The summed E-state index contributed by atoms with van der Waals surface area (Å²) in [6.07, 6.45) is -5.38. The van der Waals surface area contributed by atoms with Gasteiger partial charge >= 0.3 is 29.6 Å². The molecular formula is C66H81NaO14S2. The molecule has 12 atom stereocenters. The molecule has 0 bridgehead atoms. The molecule has 6 aromatic rings. The Morgan fingerprint density at radius 1 is 0.446 bits per heavy atom. The van der Waals surface area contributed by atoms with Gasteiger partial charge in [-0.1, -0.05) is 234 Å². The van der Waals surface area contributed by atoms with Gasteiger partial charge in [-0.15, -0.1) is 0 Å². The molecule has 0 aromatic heterocycles. The summed E-state index contributed by atoms with van der Waals surface area (Å²) in [7, 11) is -4.67. The van der Waals surface area contributed by atoms with E-state index in [0.717, 1.165) is 46.2 Å². The number of hydrogen-bond donors (Lipinski definition) is 0. The zero-order chi connectivity index (χ0) is 57.9. The molecule has 2 heterocycles. The first-order valence-electron chi connectivity index (χ1n) is 28.4. The number of thioether (sulfide) groups is 1. The van der Waals surface area contributed by atoms with Crippen LogP contribution in [0, 0.1) is 11.8 Å². The summed E-state index contributed by atoms with van der Waals surface area (Å²) in [6.45, 7) is 12.6. The average Bonchev–Trinajstić information content (AvgIpc) is 3.67. The topological polar surface area (TPSA) is 167 Å². The van der Waals surface area contributed by atoms with E-state index in [1.165, 1.54) is 11.8 Å². The molecule has 0 amide bonds. The van der Waals surface area contributed by atoms with Crippen LogP contribution in [0.5, 0.6) is 0 Å². The van der Waals surface area contributed by atoms with Gasteiger partial charge in [0.15, 0.2) is 17.7 Å². The zero-order valence-electron chi connectivity index (χ0n) is 48.8. The summed E-state index contributed by atoms with van der Waals surface area (Å²) < 4.78 is 100. The molecule has 2 fully saturated rings. The third-order valence-electron chi connectivity index (χ3n) is 14.2. The van der Waals surface area contributed by atoms with Crippen molar-refractivity contribution < 1.29 is 94.7 Å². The van der Waals surface area contributed by atoms with E-state index in [1.54, 1.807) is 6.92 Å². The van der Waals surface area contributed by atoms with Gasteiger partial charge in [-0.25, -0.2) is 8.42 Å². The van der Waals surface area contributed by atoms with Crippen LogP contribution in [0.1, 0.15) is 80.8 Å². The van der Waals surface area contributed by atoms with Crippen molar-refractivity contribution in [2.24, 2.45) is 11.8 Å². The van der Waals surface area contributed by atoms with Gasteiger partial charge in [-0.3, -0.25) is 4.79 Å². The molecule has 442 valence electrons. The molecule has 17 heteroatoms. The molecule has 2 aliphatic heterocycles. The summed E-state index contributed by atoms with van der Waals surface area (Å²) in [5.41, 5.74) is 5.90. The van der Waals surface area contributed by atoms with E-state index < -0.39 is 77.3 Å². The van der Waals surface area contributed by atoms with Gasteiger partial charge in [0.1, 0.15) is 42.7 Å². The van der Waals surface area contributed by atoms with E-state index in [9.17, 15) is 17.8 Å². The molecule has 6 aromatic carbocycles. The third-order valence-corrected chi connectivity index (χ3v) is 15.8. The molecule has 2 aliphatic rings. The van der Waals surface area contributed by atoms with Crippen molar-refractivity contribution in [2.75, 3.05) is 24.7 Å². The van der Waals surface area contributed by atoms with Crippen LogP contribution < -0.4 is 29.6 Å². The average molecular weight is 1190 g/mol. The number of carbonyl (C=O) groups excluding carboxylic acids is 1. The van der Waals surface area contributed by atoms with Crippen molar-refractivity contribution in [2.45, 2.75) is 149 Å². The van der Waals surface area contributed by atoms with Crippen molar-refractivity contribution in [3.05, 3.63) is 215 Å². The maximum atomic E-state index is 12.0. The van der Waals surface area contributed by atoms with Crippen molar-refractivity contribution in [3.8, 4) is 0 Å². The molecule has 0 N–H and O–H groups in total. The van der Waals surface area contributed by atoms with E-state index in [4.69, 9.17) is 47.4 Å². The molecular weight excluding hydrogens is 1100 g/mol. The number of hydrogen-bond acceptors (Lipinski definition) is 15. The van der Waals surface area contributed by atoms with Crippen molar-refractivity contribution in [3.63, 3.8) is 0 Å². The Balaban J connectivity index is 0.000000263. The van der Waals surface area contributed by atoms with Crippen LogP contribution in [-0.4, -0.2) is 104 Å². The maximum Gasteiger partial charge on any atom is 1.00 e. The quantitative estimate of drug-likeness (QED) is 0.0310. The fraction of sp³-hybridized carbons (Fsp3) is 0.439. The van der Waals surface area contributed by atoms with Crippen LogP contribution >= 0.6 is 11.8 Å². The van der Waals surface area contributed by atoms with Gasteiger partial charge in [0, 0.05) is 12.7 Å². The fourth-order valence-corrected chi connectivity index (χ4v) is 10.5. The summed E-state index contributed by atoms with van der Waals surface area (Å²) in [5.74, 6) is 0.223. The number of ether oxygens (including phenoxy) is 10. The summed E-state index contributed by atoms with van der Waals surface area (Å²) in [4.78, 5) is 12.0. The van der Waals surface area contributed by atoms with Gasteiger partial charge in [0.2, 0.25) is 0 Å². The van der Waals surface area contributed by atoms with Gasteiger partial charge in [-0.2, -0.15) is 0 Å². The Morgan fingerprint density at radius 3 is 0.988 bits per heavy atom. The van der Waals surface area contributed by atoms with Crippen molar-refractivity contribution in [1.82, 2.24) is 0 Å². The SMILES string of the molecule is CCC(C)COC1OC(CS(=O)(=O)[O-])C(OCc2ccccc2)C(OCc2ccccc2)C1OCc1ccccc1.CCC(C)COC1OC(CSC(C)=O)C(OCc2ccccc2)C(OCc2ccccc2)C1OCc1ccccc1.[Na+]. The predicted molar refractivity (Wildman–Crippen MR) is 316 cm³/mol. The van der Waals surface area contributed by atoms with E-state index in [-0.39, 0.29) is 60.4 Å². The Kier molecular flexibility index (Phi) is 30.1. The van der Waals surface area contributed by atoms with Crippen LogP contribution in [0.2, 0.25) is 0 Å². The minimum Gasteiger partial charge on any atom is -0.748 e. The van der Waals surface area contributed by atoms with E-state index in [2.05, 4.69) is 27.7 Å². The Labute approximate surface area is 518 Å². The largest absolute Gasteiger partial charge is 1.00 e. The van der Waals surface area contributed by atoms with Crippen LogP contribution in [0.3, 0.4) is 0 Å². The number of carbonyl (C=O) groups is 1. The minimum atomic E-state index is -4.67. The molecule has 0 spiro atoms. The third kappa shape index (κ3) is 23.6. The molecule has 14 nitrogen and oxygen atoms in total. The van der Waals surface area contributed by atoms with Gasteiger partial charge < -0.3 is 51.9 Å². The Bertz CT molecular complexity index is 2790. The predicted octanol–water partition coefficient (Wildman–Crippen LogP) is 8.89. The second-order valence-corrected chi connectivity index (χ2v) is 23.5. The summed E-state index contributed by atoms with van der Waals surface area (Å²) in [6, 6.07) is 59.0. The zero-order valence-corrected chi connectivity index (χ0v) is 52.4. The van der Waals surface area contributed by atoms with Crippen LogP contribution in [-0.2, 0) is 102 Å². The van der Waals surface area contributed by atoms with Gasteiger partial charge in [0.25, 0.3) is 0 Å². The Hall–Kier alpha value is -4.15. The van der Waals surface area contributed by atoms with Crippen LogP contribution in [0.4, 0.5) is 0 Å². The molecule has 8 rings (SSSR count). The minimum absolute atomic E-state index is 0. The standard InChI is InChI=1S/C34H42O6S.C32H40O8S.Na/c1-4-25(2)20-39-34-33(38-23-29-18-12-7-13-19-29)32(37-22-28-16-10-6-11-17-28)31(30(40-34)24-41-26(3)35)36-21-27-14-8-5-9-15-27;1-3-24(2)19-39-32-31(38-22-27-17-11-6-12-18-27)30(37-21-26-15-9-5-10-16-26)29(28(40-32)23-41(33,34)35)36-20-25-13-7-4-8-14-25;/h5-19,25,30-34H,4,20-24H2,1-3H3;4-18,24,28-32H,3,19-23H2,1-2H3,(H,33,34,35);/q;;+1/p-1. The van der Waals surface area contributed by atoms with E-state index in [0.29, 0.717) is 44.7 Å². The molecule has 0 radical (unpaired) electrons. The van der Waals surface area contributed by atoms with E-state index >= 15 is 0 Å². The first-order chi connectivity index (χ1) is 39.8. The smallest absolute Gasteiger partial charge is 0.748 e. The normalized spacial score (nSPS) is 23.2. The molecule has 83 heavy (non-hydrogen) atoms. The Morgan fingerprint density at radius 2 is 0.711 bits per heavy atom. The summed E-state index contributed by atoms with van der Waals surface area (Å²) in [5, 5.41) is 0.0247. The molecule has 0 saturated carbocycles. The van der Waals surface area contributed by atoms with Crippen molar-refractivity contribution in [1.29, 1.82) is 0 Å². The fourth-order valence-electron chi connectivity index (χ4n) is 9.18. The second-order valence-electron chi connectivity index (χ2n) is 20.9. The first kappa shape index (κ1) is 68.0. The van der Waals surface area contributed by atoms with Crippen molar-refractivity contribution >= 4 is 27.0 Å². The van der Waals surface area contributed by atoms with E-state index in [1.807, 2.05) is 182 Å². The first-order valence-corrected chi connectivity index (χ1v) is 31.0. The van der Waals surface area contributed by atoms with Crippen LogP contribution in [0.15, 0.2) is 182 Å². The maximum absolute atomic E-state index is 12.0. The monoisotopic (exact) mass is 1180 g/mol.